The summed E-state index contributed by atoms with van der Waals surface area (Å²) in [4.78, 5) is 27.4. The Balaban J connectivity index is 0.00000184. The number of carboxylic acid groups (broad SMARTS) is 1. The number of benzene rings is 2. The van der Waals surface area contributed by atoms with E-state index in [1.165, 1.54) is 12.1 Å². The molecule has 3 aliphatic rings. The third kappa shape index (κ3) is 5.47. The van der Waals surface area contributed by atoms with Gasteiger partial charge in [-0.15, -0.1) is 24.8 Å². The maximum absolute atomic E-state index is 15.4. The number of rotatable bonds is 6. The first-order chi connectivity index (χ1) is 19.9. The molecule has 2 N–H and O–H groups in total. The average molecular weight is 637 g/mol. The van der Waals surface area contributed by atoms with Crippen LogP contribution in [-0.4, -0.2) is 56.8 Å². The first kappa shape index (κ1) is 30.8. The lowest BCUT2D eigenvalue weighted by Crippen LogP contribution is -2.45. The van der Waals surface area contributed by atoms with Crippen molar-refractivity contribution in [2.24, 2.45) is 17.8 Å². The highest BCUT2D eigenvalue weighted by atomic mass is 35.5. The van der Waals surface area contributed by atoms with Crippen molar-refractivity contribution >= 4 is 47.8 Å². The zero-order valence-corrected chi connectivity index (χ0v) is 24.3. The Kier molecular flexibility index (Phi) is 8.73. The minimum atomic E-state index is -2.96. The summed E-state index contributed by atoms with van der Waals surface area (Å²) >= 11 is 0. The van der Waals surface area contributed by atoms with E-state index in [1.807, 2.05) is 9.47 Å². The molecule has 0 spiro atoms. The number of anilines is 1. The topological polar surface area (TPSA) is 105 Å². The number of para-hydroxylation sites is 1. The molecule has 9 nitrogen and oxygen atoms in total. The largest absolute Gasteiger partial charge is 0.481 e. The Morgan fingerprint density at radius 3 is 2.44 bits per heavy atom. The Morgan fingerprint density at radius 2 is 1.77 bits per heavy atom. The SMILES string of the molecule is Cl.Cl.O=C(O)C1[C@@H]2CC[C@H]1CN(c1ncc(-c3cc4c(cc3F)nc3n4[C@@H](c4ccccc4OC(F)F)CNC3)cn1)C2. The summed E-state index contributed by atoms with van der Waals surface area (Å²) in [6.07, 6.45) is 4.92. The number of aromatic nitrogens is 4. The molecule has 43 heavy (non-hydrogen) atoms. The molecule has 228 valence electrons. The van der Waals surface area contributed by atoms with E-state index in [1.54, 1.807) is 36.7 Å². The first-order valence-electron chi connectivity index (χ1n) is 13.6. The number of ether oxygens (including phenoxy) is 1. The van der Waals surface area contributed by atoms with Crippen molar-refractivity contribution in [3.63, 3.8) is 0 Å². The maximum atomic E-state index is 15.4. The Bertz CT molecular complexity index is 1630. The molecule has 2 aromatic heterocycles. The number of halogens is 5. The number of fused-ring (bicyclic) bond motifs is 5. The van der Waals surface area contributed by atoms with Crippen LogP contribution in [0.4, 0.5) is 19.1 Å². The molecule has 14 heteroatoms. The number of nitrogens with one attached hydrogen (secondary N) is 1. The molecule has 0 amide bonds. The van der Waals surface area contributed by atoms with Crippen molar-refractivity contribution in [1.82, 2.24) is 24.8 Å². The molecule has 1 saturated heterocycles. The van der Waals surface area contributed by atoms with Crippen molar-refractivity contribution in [1.29, 1.82) is 0 Å². The van der Waals surface area contributed by atoms with Gasteiger partial charge in [0.25, 0.3) is 0 Å². The third-order valence-corrected chi connectivity index (χ3v) is 8.63. The molecule has 1 aliphatic carbocycles. The number of alkyl halides is 2. The van der Waals surface area contributed by atoms with E-state index >= 15 is 4.39 Å². The molecule has 4 aromatic rings. The molecule has 2 aromatic carbocycles. The van der Waals surface area contributed by atoms with Crippen LogP contribution in [0.15, 0.2) is 48.8 Å². The van der Waals surface area contributed by atoms with Gasteiger partial charge >= 0.3 is 12.6 Å². The van der Waals surface area contributed by atoms with Crippen LogP contribution in [0.25, 0.3) is 22.2 Å². The molecule has 7 rings (SSSR count). The van der Waals surface area contributed by atoms with Gasteiger partial charge in [-0.3, -0.25) is 4.79 Å². The normalized spacial score (nSPS) is 22.6. The van der Waals surface area contributed by atoms with E-state index in [2.05, 4.69) is 20.3 Å². The number of hydrogen-bond acceptors (Lipinski definition) is 7. The standard InChI is InChI=1S/C29H27F3N6O3.2ClH/c30-20-8-21-22(38-23(11-33-12-25(38)36-21)18-3-1-2-4-24(18)41-28(31)32)7-19(20)17-9-34-29(35-10-17)37-13-15-5-6-16(14-37)26(15)27(39)40;;/h1-4,7-10,15-16,23,26,28,33H,5-6,11-14H2,(H,39,40);2*1H/t15-,16+,23-,26?;;/m1../s1. The number of hydrogen-bond donors (Lipinski definition) is 2. The summed E-state index contributed by atoms with van der Waals surface area (Å²) in [5.74, 6) is -0.149. The van der Waals surface area contributed by atoms with Crippen LogP contribution in [0.2, 0.25) is 0 Å². The second kappa shape index (κ2) is 12.2. The fourth-order valence-corrected chi connectivity index (χ4v) is 6.89. The summed E-state index contributed by atoms with van der Waals surface area (Å²) in [6.45, 7) is -0.900. The van der Waals surface area contributed by atoms with Gasteiger partial charge in [-0.2, -0.15) is 8.78 Å². The van der Waals surface area contributed by atoms with Crippen LogP contribution in [0.3, 0.4) is 0 Å². The zero-order valence-electron chi connectivity index (χ0n) is 22.7. The van der Waals surface area contributed by atoms with Crippen LogP contribution in [0.5, 0.6) is 5.75 Å². The zero-order chi connectivity index (χ0) is 28.2. The fraction of sp³-hybridized carbons (Fsp3) is 0.379. The molecule has 0 radical (unpaired) electrons. The monoisotopic (exact) mass is 636 g/mol. The number of imidazole rings is 1. The molecular formula is C29H29Cl2F3N6O3. The average Bonchev–Trinajstić information content (AvgIpc) is 3.46. The highest BCUT2D eigenvalue weighted by Gasteiger charge is 2.46. The van der Waals surface area contributed by atoms with Crippen molar-refractivity contribution in [3.05, 3.63) is 66.0 Å². The van der Waals surface area contributed by atoms with E-state index < -0.39 is 24.4 Å². The van der Waals surface area contributed by atoms with Crippen molar-refractivity contribution in [3.8, 4) is 16.9 Å². The van der Waals surface area contributed by atoms with E-state index in [9.17, 15) is 18.7 Å². The predicted molar refractivity (Wildman–Crippen MR) is 158 cm³/mol. The second-order valence-electron chi connectivity index (χ2n) is 10.9. The molecule has 4 heterocycles. The van der Waals surface area contributed by atoms with Gasteiger partial charge in [0.2, 0.25) is 5.95 Å². The number of piperidine rings is 1. The Labute approximate surface area is 257 Å². The van der Waals surface area contributed by atoms with Gasteiger partial charge in [-0.05, 0) is 36.8 Å². The molecule has 1 saturated carbocycles. The molecule has 2 fully saturated rings. The number of aliphatic carboxylic acids is 1. The van der Waals surface area contributed by atoms with E-state index in [-0.39, 0.29) is 48.3 Å². The van der Waals surface area contributed by atoms with Crippen molar-refractivity contribution < 1.29 is 27.8 Å². The molecule has 4 atom stereocenters. The summed E-state index contributed by atoms with van der Waals surface area (Å²) in [5, 5.41) is 12.9. The van der Waals surface area contributed by atoms with E-state index in [4.69, 9.17) is 4.74 Å². The number of carbonyl (C=O) groups is 1. The molecule has 2 aliphatic heterocycles. The van der Waals surface area contributed by atoms with Crippen molar-refractivity contribution in [2.45, 2.75) is 32.0 Å². The van der Waals surface area contributed by atoms with Gasteiger partial charge in [0.1, 0.15) is 17.4 Å². The van der Waals surface area contributed by atoms with Crippen LogP contribution < -0.4 is 15.0 Å². The quantitative estimate of drug-likeness (QED) is 0.293. The summed E-state index contributed by atoms with van der Waals surface area (Å²) in [5.41, 5.74) is 2.47. The van der Waals surface area contributed by atoms with E-state index in [0.29, 0.717) is 65.7 Å². The molecule has 1 unspecified atom stereocenters. The highest BCUT2D eigenvalue weighted by Crippen LogP contribution is 2.43. The number of carboxylic acids is 1. The van der Waals surface area contributed by atoms with Crippen molar-refractivity contribution in [2.75, 3.05) is 24.5 Å². The van der Waals surface area contributed by atoms with Gasteiger partial charge in [0.15, 0.2) is 0 Å². The second-order valence-corrected chi connectivity index (χ2v) is 10.9. The smallest absolute Gasteiger partial charge is 0.387 e. The van der Waals surface area contributed by atoms with Gasteiger partial charge in [0.05, 0.1) is 29.5 Å². The maximum Gasteiger partial charge on any atom is 0.387 e. The minimum Gasteiger partial charge on any atom is -0.481 e. The van der Waals surface area contributed by atoms with Crippen LogP contribution in [0, 0.1) is 23.6 Å². The summed E-state index contributed by atoms with van der Waals surface area (Å²) < 4.78 is 48.4. The van der Waals surface area contributed by atoms with Gasteiger partial charge in [-0.1, -0.05) is 18.2 Å². The Hall–Kier alpha value is -3.61. The van der Waals surface area contributed by atoms with Gasteiger partial charge in [0, 0.05) is 54.8 Å². The van der Waals surface area contributed by atoms with E-state index in [0.717, 1.165) is 12.8 Å². The van der Waals surface area contributed by atoms with Gasteiger partial charge in [-0.25, -0.2) is 19.3 Å². The van der Waals surface area contributed by atoms with Crippen LogP contribution >= 0.6 is 24.8 Å². The first-order valence-corrected chi connectivity index (χ1v) is 13.6. The summed E-state index contributed by atoms with van der Waals surface area (Å²) in [7, 11) is 0. The Morgan fingerprint density at radius 1 is 1.07 bits per heavy atom. The fourth-order valence-electron chi connectivity index (χ4n) is 6.89. The highest BCUT2D eigenvalue weighted by molar-refractivity contribution is 5.86. The van der Waals surface area contributed by atoms with Gasteiger partial charge < -0.3 is 24.6 Å². The number of nitrogens with zero attached hydrogens (tertiary/aromatic N) is 5. The van der Waals surface area contributed by atoms with Crippen LogP contribution in [0.1, 0.15) is 30.3 Å². The lowest BCUT2D eigenvalue weighted by atomic mass is 9.85. The minimum absolute atomic E-state index is 0. The third-order valence-electron chi connectivity index (χ3n) is 8.63. The van der Waals surface area contributed by atoms with Crippen LogP contribution in [-0.2, 0) is 11.3 Å². The lowest BCUT2D eigenvalue weighted by molar-refractivity contribution is -0.144. The molecular weight excluding hydrogens is 608 g/mol. The predicted octanol–water partition coefficient (Wildman–Crippen LogP) is 5.32. The summed E-state index contributed by atoms with van der Waals surface area (Å²) in [6, 6.07) is 9.33. The lowest BCUT2D eigenvalue weighted by Gasteiger charge is -2.35. The molecule has 2 bridgehead atoms.